The van der Waals surface area contributed by atoms with Crippen LogP contribution in [0.15, 0.2) is 18.3 Å². The molecule has 0 aliphatic carbocycles. The van der Waals surface area contributed by atoms with Crippen molar-refractivity contribution < 1.29 is 4.74 Å². The summed E-state index contributed by atoms with van der Waals surface area (Å²) in [6.07, 6.45) is 2.03. The summed E-state index contributed by atoms with van der Waals surface area (Å²) in [5.74, 6) is 0.491. The average molecular weight is 248 g/mol. The van der Waals surface area contributed by atoms with Crippen molar-refractivity contribution in [2.45, 2.75) is 39.2 Å². The molecule has 0 atom stereocenters. The highest BCUT2D eigenvalue weighted by molar-refractivity contribution is 5.23. The molecule has 1 aromatic rings. The number of morpholine rings is 1. The minimum Gasteiger partial charge on any atom is -0.379 e. The molecule has 100 valence electrons. The smallest absolute Gasteiger partial charge is 0.0594 e. The van der Waals surface area contributed by atoms with Crippen LogP contribution in [0.1, 0.15) is 44.9 Å². The molecule has 0 bridgehead atoms. The lowest BCUT2D eigenvalue weighted by Crippen LogP contribution is -2.48. The first-order valence-corrected chi connectivity index (χ1v) is 6.81. The predicted molar refractivity (Wildman–Crippen MR) is 73.7 cm³/mol. The zero-order valence-corrected chi connectivity index (χ0v) is 11.9. The van der Waals surface area contributed by atoms with E-state index in [1.165, 1.54) is 5.56 Å². The second-order valence-electron chi connectivity index (χ2n) is 5.78. The molecule has 0 spiro atoms. The maximum absolute atomic E-state index is 5.42. The van der Waals surface area contributed by atoms with E-state index in [4.69, 9.17) is 4.74 Å². The van der Waals surface area contributed by atoms with Gasteiger partial charge in [-0.2, -0.15) is 0 Å². The van der Waals surface area contributed by atoms with Crippen LogP contribution in [0.3, 0.4) is 0 Å². The number of pyridine rings is 1. The number of nitrogens with zero attached hydrogens (tertiary/aromatic N) is 2. The first kappa shape index (κ1) is 13.5. The highest BCUT2D eigenvalue weighted by Gasteiger charge is 2.30. The van der Waals surface area contributed by atoms with Crippen LogP contribution in [0.2, 0.25) is 0 Å². The first-order chi connectivity index (χ1) is 8.51. The third kappa shape index (κ3) is 2.73. The van der Waals surface area contributed by atoms with Gasteiger partial charge in [0.1, 0.15) is 0 Å². The Hall–Kier alpha value is -0.930. The quantitative estimate of drug-likeness (QED) is 0.822. The number of rotatable bonds is 3. The Bertz CT molecular complexity index is 378. The van der Waals surface area contributed by atoms with E-state index < -0.39 is 0 Å². The number of aromatic nitrogens is 1. The van der Waals surface area contributed by atoms with Gasteiger partial charge >= 0.3 is 0 Å². The lowest BCUT2D eigenvalue weighted by atomic mass is 9.92. The molecule has 2 rings (SSSR count). The highest BCUT2D eigenvalue weighted by atomic mass is 16.5. The van der Waals surface area contributed by atoms with E-state index in [1.807, 2.05) is 6.20 Å². The maximum Gasteiger partial charge on any atom is 0.0594 e. The van der Waals surface area contributed by atoms with E-state index in [1.54, 1.807) is 0 Å². The lowest BCUT2D eigenvalue weighted by Gasteiger charge is -2.41. The van der Waals surface area contributed by atoms with Gasteiger partial charge in [-0.05, 0) is 31.4 Å². The van der Waals surface area contributed by atoms with Crippen molar-refractivity contribution >= 4 is 0 Å². The van der Waals surface area contributed by atoms with Crippen molar-refractivity contribution in [1.82, 2.24) is 9.88 Å². The van der Waals surface area contributed by atoms with Gasteiger partial charge in [-0.25, -0.2) is 0 Å². The Morgan fingerprint density at radius 3 is 2.39 bits per heavy atom. The molecular formula is C15H24N2O. The molecule has 0 amide bonds. The fraction of sp³-hybridized carbons (Fsp3) is 0.667. The van der Waals surface area contributed by atoms with Crippen molar-refractivity contribution in [1.29, 1.82) is 0 Å². The first-order valence-electron chi connectivity index (χ1n) is 6.81. The van der Waals surface area contributed by atoms with E-state index in [0.717, 1.165) is 32.0 Å². The van der Waals surface area contributed by atoms with E-state index >= 15 is 0 Å². The van der Waals surface area contributed by atoms with Gasteiger partial charge in [0.15, 0.2) is 0 Å². The minimum absolute atomic E-state index is 0.0340. The van der Waals surface area contributed by atoms with Gasteiger partial charge in [0, 0.05) is 30.5 Å². The van der Waals surface area contributed by atoms with Crippen LogP contribution < -0.4 is 0 Å². The molecule has 1 saturated heterocycles. The molecule has 0 radical (unpaired) electrons. The number of hydrogen-bond acceptors (Lipinski definition) is 3. The number of ether oxygens (including phenoxy) is 1. The summed E-state index contributed by atoms with van der Waals surface area (Å²) in [7, 11) is 0. The Balaban J connectivity index is 2.17. The second kappa shape index (κ2) is 5.37. The van der Waals surface area contributed by atoms with Gasteiger partial charge in [0.2, 0.25) is 0 Å². The summed E-state index contributed by atoms with van der Waals surface area (Å²) in [5.41, 5.74) is 2.48. The molecule has 2 heterocycles. The fourth-order valence-electron chi connectivity index (χ4n) is 2.41. The molecule has 0 saturated carbocycles. The standard InChI is InChI=1S/C15H24N2O/c1-12(2)14-6-5-13(11-16-14)15(3,4)17-7-9-18-10-8-17/h5-6,11-12H,7-10H2,1-4H3. The van der Waals surface area contributed by atoms with Crippen molar-refractivity contribution in [3.63, 3.8) is 0 Å². The van der Waals surface area contributed by atoms with Gasteiger partial charge in [-0.15, -0.1) is 0 Å². The third-order valence-electron chi connectivity index (χ3n) is 3.89. The van der Waals surface area contributed by atoms with Crippen LogP contribution in [-0.2, 0) is 10.3 Å². The molecule has 1 aliphatic rings. The van der Waals surface area contributed by atoms with Gasteiger partial charge in [0.05, 0.1) is 13.2 Å². The molecule has 3 nitrogen and oxygen atoms in total. The summed E-state index contributed by atoms with van der Waals surface area (Å²) < 4.78 is 5.42. The maximum atomic E-state index is 5.42. The topological polar surface area (TPSA) is 25.4 Å². The van der Waals surface area contributed by atoms with Crippen LogP contribution in [0.25, 0.3) is 0 Å². The zero-order valence-electron chi connectivity index (χ0n) is 11.9. The van der Waals surface area contributed by atoms with Gasteiger partial charge in [-0.3, -0.25) is 9.88 Å². The summed E-state index contributed by atoms with van der Waals surface area (Å²) in [5, 5.41) is 0. The monoisotopic (exact) mass is 248 g/mol. The van der Waals surface area contributed by atoms with E-state index in [0.29, 0.717) is 5.92 Å². The fourth-order valence-corrected chi connectivity index (χ4v) is 2.41. The molecule has 0 unspecified atom stereocenters. The molecule has 1 aromatic heterocycles. The van der Waals surface area contributed by atoms with Crippen molar-refractivity contribution in [2.24, 2.45) is 0 Å². The molecular weight excluding hydrogens is 224 g/mol. The minimum atomic E-state index is 0.0340. The second-order valence-corrected chi connectivity index (χ2v) is 5.78. The van der Waals surface area contributed by atoms with Crippen molar-refractivity contribution in [2.75, 3.05) is 26.3 Å². The zero-order chi connectivity index (χ0) is 13.2. The average Bonchev–Trinajstić information content (AvgIpc) is 2.40. The SMILES string of the molecule is CC(C)c1ccc(C(C)(C)N2CCOCC2)cn1. The summed E-state index contributed by atoms with van der Waals surface area (Å²) in [4.78, 5) is 7.06. The molecule has 18 heavy (non-hydrogen) atoms. The molecule has 1 aliphatic heterocycles. The van der Waals surface area contributed by atoms with Crippen LogP contribution in [0.5, 0.6) is 0 Å². The molecule has 1 fully saturated rings. The van der Waals surface area contributed by atoms with E-state index in [9.17, 15) is 0 Å². The van der Waals surface area contributed by atoms with Gasteiger partial charge in [0.25, 0.3) is 0 Å². The van der Waals surface area contributed by atoms with Crippen LogP contribution >= 0.6 is 0 Å². The molecule has 0 aromatic carbocycles. The van der Waals surface area contributed by atoms with Gasteiger partial charge < -0.3 is 4.74 Å². The largest absolute Gasteiger partial charge is 0.379 e. The normalized spacial score (nSPS) is 18.3. The Labute approximate surface area is 110 Å². The Morgan fingerprint density at radius 1 is 1.22 bits per heavy atom. The number of hydrogen-bond donors (Lipinski definition) is 0. The lowest BCUT2D eigenvalue weighted by molar-refractivity contribution is -0.0119. The third-order valence-corrected chi connectivity index (χ3v) is 3.89. The summed E-state index contributed by atoms with van der Waals surface area (Å²) >= 11 is 0. The summed E-state index contributed by atoms with van der Waals surface area (Å²) in [6.45, 7) is 12.6. The highest BCUT2D eigenvalue weighted by Crippen LogP contribution is 2.28. The Morgan fingerprint density at radius 2 is 1.89 bits per heavy atom. The summed E-state index contributed by atoms with van der Waals surface area (Å²) in [6, 6.07) is 4.37. The van der Waals surface area contributed by atoms with Gasteiger partial charge in [-0.1, -0.05) is 19.9 Å². The predicted octanol–water partition coefficient (Wildman–Crippen LogP) is 2.77. The Kier molecular flexibility index (Phi) is 4.03. The van der Waals surface area contributed by atoms with Crippen LogP contribution in [0.4, 0.5) is 0 Å². The molecule has 0 N–H and O–H groups in total. The van der Waals surface area contributed by atoms with Crippen molar-refractivity contribution in [3.05, 3.63) is 29.6 Å². The van der Waals surface area contributed by atoms with Crippen molar-refractivity contribution in [3.8, 4) is 0 Å². The van der Waals surface area contributed by atoms with Crippen LogP contribution in [-0.4, -0.2) is 36.2 Å². The van der Waals surface area contributed by atoms with E-state index in [2.05, 4.69) is 49.7 Å². The van der Waals surface area contributed by atoms with E-state index in [-0.39, 0.29) is 5.54 Å². The van der Waals surface area contributed by atoms with Crippen LogP contribution in [0, 0.1) is 0 Å². The molecule has 3 heteroatoms.